The first-order chi connectivity index (χ1) is 14.3. The maximum atomic E-state index is 13.6. The molecule has 1 fully saturated rings. The Morgan fingerprint density at radius 1 is 1.23 bits per heavy atom. The molecule has 5 nitrogen and oxygen atoms in total. The number of ether oxygens (including phenoxy) is 1. The third-order valence-corrected chi connectivity index (χ3v) is 8.04. The van der Waals surface area contributed by atoms with E-state index in [-0.39, 0.29) is 22.8 Å². The molecular weight excluding hydrogens is 374 g/mol. The van der Waals surface area contributed by atoms with Crippen molar-refractivity contribution in [2.24, 2.45) is 5.41 Å². The summed E-state index contributed by atoms with van der Waals surface area (Å²) >= 11 is 0. The van der Waals surface area contributed by atoms with Crippen LogP contribution in [-0.4, -0.2) is 40.5 Å². The van der Waals surface area contributed by atoms with Crippen molar-refractivity contribution < 1.29 is 9.53 Å². The van der Waals surface area contributed by atoms with Gasteiger partial charge in [-0.15, -0.1) is 0 Å². The number of carbonyl (C=O) groups is 1. The van der Waals surface area contributed by atoms with Crippen LogP contribution < -0.4 is 4.74 Å². The number of carbonyl (C=O) groups excluding carboxylic acids is 1. The zero-order valence-corrected chi connectivity index (χ0v) is 18.4. The predicted octanol–water partition coefficient (Wildman–Crippen LogP) is 4.63. The SMILES string of the molecule is COc1cc2c(cc1C)[C@]1(C)CCN(C(=O)c3ccc4nc[nH]c4c3)[C@H](C2)C1(C)C. The number of amides is 1. The Labute approximate surface area is 177 Å². The number of benzene rings is 2. The van der Waals surface area contributed by atoms with Crippen molar-refractivity contribution in [1.82, 2.24) is 14.9 Å². The summed E-state index contributed by atoms with van der Waals surface area (Å²) < 4.78 is 5.61. The molecule has 1 N–H and O–H groups in total. The fourth-order valence-electron chi connectivity index (χ4n) is 5.74. The van der Waals surface area contributed by atoms with Crippen molar-refractivity contribution in [2.75, 3.05) is 13.7 Å². The molecule has 0 unspecified atom stereocenters. The molecule has 5 heteroatoms. The molecule has 2 aromatic carbocycles. The molecule has 0 radical (unpaired) electrons. The number of hydrogen-bond donors (Lipinski definition) is 1. The van der Waals surface area contributed by atoms with E-state index in [1.165, 1.54) is 16.7 Å². The van der Waals surface area contributed by atoms with E-state index < -0.39 is 0 Å². The largest absolute Gasteiger partial charge is 0.496 e. The van der Waals surface area contributed by atoms with E-state index in [2.05, 4.69) is 54.7 Å². The van der Waals surface area contributed by atoms with Gasteiger partial charge in [-0.05, 0) is 66.1 Å². The highest BCUT2D eigenvalue weighted by atomic mass is 16.5. The van der Waals surface area contributed by atoms with Gasteiger partial charge in [-0.2, -0.15) is 0 Å². The molecule has 1 aliphatic heterocycles. The second-order valence-corrected chi connectivity index (χ2v) is 9.64. The molecule has 156 valence electrons. The Hall–Kier alpha value is -2.82. The summed E-state index contributed by atoms with van der Waals surface area (Å²) in [6.07, 6.45) is 3.47. The van der Waals surface area contributed by atoms with E-state index in [0.29, 0.717) is 0 Å². The summed E-state index contributed by atoms with van der Waals surface area (Å²) in [7, 11) is 1.73. The van der Waals surface area contributed by atoms with Crippen molar-refractivity contribution in [2.45, 2.75) is 52.0 Å². The standard InChI is InChI=1S/C25H29N3O2/c1-15-10-18-17(12-21(15)30-5)13-22-24(2,3)25(18,4)8-9-28(22)23(29)16-6-7-19-20(11-16)27-14-26-19/h6-7,10-12,14,22H,8-9,13H2,1-5H3,(H,26,27)/t22-,25+/m1/s1. The normalized spacial score (nSPS) is 24.6. The fraction of sp³-hybridized carbons (Fsp3) is 0.440. The van der Waals surface area contributed by atoms with Gasteiger partial charge >= 0.3 is 0 Å². The Balaban J connectivity index is 1.57. The quantitative estimate of drug-likeness (QED) is 0.678. The van der Waals surface area contributed by atoms with E-state index in [1.807, 2.05) is 18.2 Å². The first-order valence-corrected chi connectivity index (χ1v) is 10.7. The molecule has 2 heterocycles. The first-order valence-electron chi connectivity index (χ1n) is 10.7. The molecule has 1 aliphatic carbocycles. The van der Waals surface area contributed by atoms with Crippen LogP contribution in [0.3, 0.4) is 0 Å². The zero-order valence-electron chi connectivity index (χ0n) is 18.4. The summed E-state index contributed by atoms with van der Waals surface area (Å²) in [5.41, 5.74) is 6.40. The van der Waals surface area contributed by atoms with Gasteiger partial charge in [0.2, 0.25) is 0 Å². The summed E-state index contributed by atoms with van der Waals surface area (Å²) in [6.45, 7) is 9.93. The van der Waals surface area contributed by atoms with E-state index in [1.54, 1.807) is 13.4 Å². The van der Waals surface area contributed by atoms with Crippen LogP contribution in [0.1, 0.15) is 54.2 Å². The van der Waals surface area contributed by atoms with Gasteiger partial charge in [0.05, 0.1) is 24.5 Å². The lowest BCUT2D eigenvalue weighted by atomic mass is 9.51. The molecule has 2 aliphatic rings. The molecule has 1 amide bonds. The third-order valence-electron chi connectivity index (χ3n) is 8.04. The number of nitrogens with zero attached hydrogens (tertiary/aromatic N) is 2. The second-order valence-electron chi connectivity index (χ2n) is 9.64. The van der Waals surface area contributed by atoms with Gasteiger partial charge in [0.1, 0.15) is 5.75 Å². The molecular formula is C25H29N3O2. The Bertz CT molecular complexity index is 1160. The Morgan fingerprint density at radius 3 is 2.80 bits per heavy atom. The number of methoxy groups -OCH3 is 1. The zero-order chi connectivity index (χ0) is 21.3. The number of rotatable bonds is 2. The second kappa shape index (κ2) is 6.34. The predicted molar refractivity (Wildman–Crippen MR) is 118 cm³/mol. The van der Waals surface area contributed by atoms with E-state index in [9.17, 15) is 4.79 Å². The minimum atomic E-state index is -0.0347. The molecule has 1 saturated heterocycles. The molecule has 2 atom stereocenters. The first kappa shape index (κ1) is 19.2. The van der Waals surface area contributed by atoms with E-state index in [0.717, 1.165) is 41.7 Å². The van der Waals surface area contributed by atoms with Crippen molar-refractivity contribution in [3.63, 3.8) is 0 Å². The highest BCUT2D eigenvalue weighted by Gasteiger charge is 2.57. The molecule has 0 spiro atoms. The van der Waals surface area contributed by atoms with Crippen molar-refractivity contribution in [3.05, 3.63) is 58.9 Å². The van der Waals surface area contributed by atoms with Crippen molar-refractivity contribution >= 4 is 16.9 Å². The number of hydrogen-bond acceptors (Lipinski definition) is 3. The Morgan fingerprint density at radius 2 is 2.03 bits per heavy atom. The number of imidazole rings is 1. The summed E-state index contributed by atoms with van der Waals surface area (Å²) in [5, 5.41) is 0. The van der Waals surface area contributed by atoms with Gasteiger partial charge in [0, 0.05) is 23.6 Å². The average Bonchev–Trinajstić information content (AvgIpc) is 3.18. The molecule has 0 saturated carbocycles. The molecule has 3 aromatic rings. The molecule has 5 rings (SSSR count). The molecule has 1 aromatic heterocycles. The number of aromatic amines is 1. The lowest BCUT2D eigenvalue weighted by Gasteiger charge is -2.61. The van der Waals surface area contributed by atoms with Gasteiger partial charge in [0.15, 0.2) is 0 Å². The van der Waals surface area contributed by atoms with Crippen LogP contribution in [0.2, 0.25) is 0 Å². The average molecular weight is 404 g/mol. The van der Waals surface area contributed by atoms with Gasteiger partial charge < -0.3 is 14.6 Å². The van der Waals surface area contributed by atoms with Crippen molar-refractivity contribution in [1.29, 1.82) is 0 Å². The summed E-state index contributed by atoms with van der Waals surface area (Å²) in [6, 6.07) is 10.4. The fourth-order valence-corrected chi connectivity index (χ4v) is 5.74. The van der Waals surface area contributed by atoms with Crippen LogP contribution in [0.4, 0.5) is 0 Å². The van der Waals surface area contributed by atoms with Crippen LogP contribution in [0.5, 0.6) is 5.75 Å². The lowest BCUT2D eigenvalue weighted by Crippen LogP contribution is -2.64. The minimum Gasteiger partial charge on any atom is -0.496 e. The van der Waals surface area contributed by atoms with Crippen molar-refractivity contribution in [3.8, 4) is 5.75 Å². The number of piperidine rings is 1. The monoisotopic (exact) mass is 403 g/mol. The topological polar surface area (TPSA) is 58.2 Å². The van der Waals surface area contributed by atoms with Crippen LogP contribution in [-0.2, 0) is 11.8 Å². The number of aryl methyl sites for hydroxylation is 1. The van der Waals surface area contributed by atoms with Crippen LogP contribution in [0, 0.1) is 12.3 Å². The van der Waals surface area contributed by atoms with E-state index in [4.69, 9.17) is 4.74 Å². The minimum absolute atomic E-state index is 0.0202. The highest BCUT2D eigenvalue weighted by Crippen LogP contribution is 2.56. The Kier molecular flexibility index (Phi) is 4.05. The van der Waals surface area contributed by atoms with Gasteiger partial charge in [-0.25, -0.2) is 4.98 Å². The molecule has 2 bridgehead atoms. The number of H-pyrrole nitrogens is 1. The van der Waals surface area contributed by atoms with Gasteiger partial charge in [0.25, 0.3) is 5.91 Å². The summed E-state index contributed by atoms with van der Waals surface area (Å²) in [4.78, 5) is 23.1. The van der Waals surface area contributed by atoms with Gasteiger partial charge in [-0.1, -0.05) is 26.8 Å². The van der Waals surface area contributed by atoms with Crippen LogP contribution in [0.25, 0.3) is 11.0 Å². The summed E-state index contributed by atoms with van der Waals surface area (Å²) in [5.74, 6) is 1.03. The lowest BCUT2D eigenvalue weighted by molar-refractivity contribution is -0.0262. The van der Waals surface area contributed by atoms with Crippen LogP contribution in [0.15, 0.2) is 36.7 Å². The molecule has 30 heavy (non-hydrogen) atoms. The maximum absolute atomic E-state index is 13.6. The van der Waals surface area contributed by atoms with Crippen LogP contribution >= 0.6 is 0 Å². The highest BCUT2D eigenvalue weighted by molar-refractivity contribution is 5.97. The smallest absolute Gasteiger partial charge is 0.254 e. The third kappa shape index (κ3) is 2.47. The number of nitrogens with one attached hydrogen (secondary N) is 1. The number of fused-ring (bicyclic) bond motifs is 5. The number of likely N-dealkylation sites (tertiary alicyclic amines) is 1. The maximum Gasteiger partial charge on any atom is 0.254 e. The van der Waals surface area contributed by atoms with E-state index >= 15 is 0 Å². The van der Waals surface area contributed by atoms with Gasteiger partial charge in [-0.3, -0.25) is 4.79 Å². The number of aromatic nitrogens is 2.